The van der Waals surface area contributed by atoms with Gasteiger partial charge in [-0.3, -0.25) is 4.79 Å². The molecular formula is C8H11ClN2O2S. The highest BCUT2D eigenvalue weighted by molar-refractivity contribution is 7.17. The van der Waals surface area contributed by atoms with Crippen molar-refractivity contribution in [1.29, 1.82) is 0 Å². The maximum atomic E-state index is 10.5. The normalized spacial score (nSPS) is 10.2. The van der Waals surface area contributed by atoms with E-state index in [1.807, 2.05) is 11.9 Å². The van der Waals surface area contributed by atoms with Crippen molar-refractivity contribution in [3.8, 4) is 0 Å². The van der Waals surface area contributed by atoms with Gasteiger partial charge in [0.05, 0.1) is 6.61 Å². The van der Waals surface area contributed by atoms with Gasteiger partial charge in [-0.05, 0) is 0 Å². The van der Waals surface area contributed by atoms with Crippen molar-refractivity contribution in [2.75, 3.05) is 32.2 Å². The van der Waals surface area contributed by atoms with Gasteiger partial charge in [-0.15, -0.1) is 0 Å². The van der Waals surface area contributed by atoms with Crippen LogP contribution in [0.5, 0.6) is 0 Å². The molecule has 0 radical (unpaired) electrons. The van der Waals surface area contributed by atoms with Crippen LogP contribution < -0.4 is 4.90 Å². The molecule has 78 valence electrons. The van der Waals surface area contributed by atoms with Gasteiger partial charge in [0.25, 0.3) is 0 Å². The molecule has 0 aromatic carbocycles. The summed E-state index contributed by atoms with van der Waals surface area (Å²) in [7, 11) is 3.52. The summed E-state index contributed by atoms with van der Waals surface area (Å²) in [5.41, 5.74) is 0. The number of rotatable bonds is 5. The monoisotopic (exact) mass is 234 g/mol. The van der Waals surface area contributed by atoms with Gasteiger partial charge < -0.3 is 9.64 Å². The third-order valence-corrected chi connectivity index (χ3v) is 3.16. The maximum absolute atomic E-state index is 10.5. The molecule has 0 unspecified atom stereocenters. The fourth-order valence-corrected chi connectivity index (χ4v) is 1.91. The first-order chi connectivity index (χ1) is 6.69. The SMILES string of the molecule is COCCN(C)c1nc(Cl)c(C=O)s1. The number of aromatic nitrogens is 1. The molecule has 0 spiro atoms. The molecule has 1 aromatic heterocycles. The number of carbonyl (C=O) groups is 1. The number of halogens is 1. The summed E-state index contributed by atoms with van der Waals surface area (Å²) in [5, 5.41) is 0.999. The zero-order chi connectivity index (χ0) is 10.6. The van der Waals surface area contributed by atoms with Crippen LogP contribution in [0.3, 0.4) is 0 Å². The van der Waals surface area contributed by atoms with Gasteiger partial charge in [0.2, 0.25) is 0 Å². The summed E-state index contributed by atoms with van der Waals surface area (Å²) in [6.45, 7) is 1.34. The van der Waals surface area contributed by atoms with E-state index in [1.165, 1.54) is 11.3 Å². The largest absolute Gasteiger partial charge is 0.383 e. The molecule has 1 aromatic rings. The number of hydrogen-bond donors (Lipinski definition) is 0. The van der Waals surface area contributed by atoms with Crippen LogP contribution in [0.15, 0.2) is 0 Å². The Kier molecular flexibility index (Phi) is 4.31. The van der Waals surface area contributed by atoms with Crippen LogP contribution in [0.2, 0.25) is 5.15 Å². The van der Waals surface area contributed by atoms with E-state index in [9.17, 15) is 4.79 Å². The highest BCUT2D eigenvalue weighted by Crippen LogP contribution is 2.27. The summed E-state index contributed by atoms with van der Waals surface area (Å²) in [6, 6.07) is 0. The van der Waals surface area contributed by atoms with Crippen molar-refractivity contribution in [3.63, 3.8) is 0 Å². The van der Waals surface area contributed by atoms with E-state index in [1.54, 1.807) is 7.11 Å². The average molecular weight is 235 g/mol. The molecular weight excluding hydrogens is 224 g/mol. The van der Waals surface area contributed by atoms with Gasteiger partial charge >= 0.3 is 0 Å². The van der Waals surface area contributed by atoms with Gasteiger partial charge in [-0.1, -0.05) is 22.9 Å². The molecule has 6 heteroatoms. The molecule has 0 aliphatic heterocycles. The van der Waals surface area contributed by atoms with E-state index < -0.39 is 0 Å². The quantitative estimate of drug-likeness (QED) is 0.728. The molecule has 0 bridgehead atoms. The van der Waals surface area contributed by atoms with Crippen LogP contribution in [0.4, 0.5) is 5.13 Å². The summed E-state index contributed by atoms with van der Waals surface area (Å²) >= 11 is 7.01. The van der Waals surface area contributed by atoms with Crippen LogP contribution in [0.25, 0.3) is 0 Å². The van der Waals surface area contributed by atoms with E-state index in [4.69, 9.17) is 16.3 Å². The standard InChI is InChI=1S/C8H11ClN2O2S/c1-11(3-4-13-2)8-10-7(9)6(5-12)14-8/h5H,3-4H2,1-2H3. The third-order valence-electron chi connectivity index (χ3n) is 1.66. The second kappa shape index (κ2) is 5.29. The zero-order valence-corrected chi connectivity index (χ0v) is 9.56. The van der Waals surface area contributed by atoms with E-state index in [2.05, 4.69) is 4.98 Å². The first-order valence-electron chi connectivity index (χ1n) is 4.00. The number of ether oxygens (including phenoxy) is 1. The van der Waals surface area contributed by atoms with Gasteiger partial charge in [-0.2, -0.15) is 0 Å². The van der Waals surface area contributed by atoms with Gasteiger partial charge in [-0.25, -0.2) is 4.98 Å². The van der Waals surface area contributed by atoms with Gasteiger partial charge in [0, 0.05) is 20.7 Å². The lowest BCUT2D eigenvalue weighted by atomic mass is 10.6. The molecule has 0 saturated carbocycles. The lowest BCUT2D eigenvalue weighted by Gasteiger charge is -2.14. The van der Waals surface area contributed by atoms with Crippen molar-refractivity contribution >= 4 is 34.4 Å². The summed E-state index contributed by atoms with van der Waals surface area (Å²) < 4.78 is 4.93. The Balaban J connectivity index is 2.70. The molecule has 0 aliphatic carbocycles. The second-order valence-electron chi connectivity index (χ2n) is 2.68. The first kappa shape index (κ1) is 11.4. The average Bonchev–Trinajstić information content (AvgIpc) is 2.56. The third kappa shape index (κ3) is 2.67. The fraction of sp³-hybridized carbons (Fsp3) is 0.500. The number of hydrogen-bond acceptors (Lipinski definition) is 5. The second-order valence-corrected chi connectivity index (χ2v) is 4.05. The number of aldehydes is 1. The number of anilines is 1. The number of carbonyl (C=O) groups excluding carboxylic acids is 1. The Morgan fingerprint density at radius 2 is 2.43 bits per heavy atom. The molecule has 0 aliphatic rings. The first-order valence-corrected chi connectivity index (χ1v) is 5.20. The molecule has 0 amide bonds. The molecule has 4 nitrogen and oxygen atoms in total. The summed E-state index contributed by atoms with van der Waals surface area (Å²) in [5.74, 6) is 0. The minimum absolute atomic E-state index is 0.268. The number of methoxy groups -OCH3 is 1. The molecule has 0 N–H and O–H groups in total. The number of thiazole rings is 1. The lowest BCUT2D eigenvalue weighted by Crippen LogP contribution is -2.21. The predicted octanol–water partition coefficient (Wildman–Crippen LogP) is 1.69. The maximum Gasteiger partial charge on any atom is 0.187 e. The highest BCUT2D eigenvalue weighted by Gasteiger charge is 2.11. The fourth-order valence-electron chi connectivity index (χ4n) is 0.862. The van der Waals surface area contributed by atoms with E-state index in [-0.39, 0.29) is 5.15 Å². The van der Waals surface area contributed by atoms with Crippen LogP contribution in [-0.4, -0.2) is 38.6 Å². The van der Waals surface area contributed by atoms with E-state index in [0.717, 1.165) is 11.7 Å². The Morgan fingerprint density at radius 1 is 1.71 bits per heavy atom. The van der Waals surface area contributed by atoms with Crippen LogP contribution in [-0.2, 0) is 4.74 Å². The minimum Gasteiger partial charge on any atom is -0.383 e. The topological polar surface area (TPSA) is 42.4 Å². The summed E-state index contributed by atoms with van der Waals surface area (Å²) in [6.07, 6.45) is 0.716. The Hall–Kier alpha value is -0.650. The van der Waals surface area contributed by atoms with Crippen LogP contribution in [0, 0.1) is 0 Å². The van der Waals surface area contributed by atoms with Crippen LogP contribution >= 0.6 is 22.9 Å². The Bertz CT molecular complexity index is 316. The van der Waals surface area contributed by atoms with E-state index in [0.29, 0.717) is 17.8 Å². The molecule has 14 heavy (non-hydrogen) atoms. The van der Waals surface area contributed by atoms with Crippen LogP contribution in [0.1, 0.15) is 9.67 Å². The molecule has 1 heterocycles. The Morgan fingerprint density at radius 3 is 2.93 bits per heavy atom. The molecule has 0 fully saturated rings. The number of likely N-dealkylation sites (N-methyl/N-ethyl adjacent to an activating group) is 1. The number of nitrogens with zero attached hydrogens (tertiary/aromatic N) is 2. The Labute approximate surface area is 91.5 Å². The molecule has 0 atom stereocenters. The van der Waals surface area contributed by atoms with E-state index >= 15 is 0 Å². The van der Waals surface area contributed by atoms with Crippen molar-refractivity contribution in [2.45, 2.75) is 0 Å². The van der Waals surface area contributed by atoms with Gasteiger partial charge in [0.1, 0.15) is 4.88 Å². The smallest absolute Gasteiger partial charge is 0.187 e. The zero-order valence-electron chi connectivity index (χ0n) is 7.99. The summed E-state index contributed by atoms with van der Waals surface area (Å²) in [4.78, 5) is 16.9. The van der Waals surface area contributed by atoms with Crippen molar-refractivity contribution in [3.05, 3.63) is 10.0 Å². The van der Waals surface area contributed by atoms with Crippen molar-refractivity contribution in [2.24, 2.45) is 0 Å². The highest BCUT2D eigenvalue weighted by atomic mass is 35.5. The van der Waals surface area contributed by atoms with Crippen molar-refractivity contribution in [1.82, 2.24) is 4.98 Å². The lowest BCUT2D eigenvalue weighted by molar-refractivity contribution is 0.112. The molecule has 1 rings (SSSR count). The van der Waals surface area contributed by atoms with Gasteiger partial charge in [0.15, 0.2) is 16.6 Å². The minimum atomic E-state index is 0.268. The van der Waals surface area contributed by atoms with Crippen molar-refractivity contribution < 1.29 is 9.53 Å². The predicted molar refractivity (Wildman–Crippen MR) is 57.7 cm³/mol. The molecule has 0 saturated heterocycles.